The molecule has 0 unspecified atom stereocenters. The van der Waals surface area contributed by atoms with E-state index in [0.717, 1.165) is 0 Å². The molecule has 0 saturated carbocycles. The molecule has 0 bridgehead atoms. The third-order valence-corrected chi connectivity index (χ3v) is 4.63. The van der Waals surface area contributed by atoms with E-state index in [4.69, 9.17) is 14.2 Å². The summed E-state index contributed by atoms with van der Waals surface area (Å²) >= 11 is 0. The molecule has 0 aliphatic heterocycles. The van der Waals surface area contributed by atoms with Gasteiger partial charge in [-0.3, -0.25) is 0 Å². The maximum Gasteiger partial charge on any atom is 0.206 e. The highest BCUT2D eigenvalue weighted by atomic mass is 32.2. The number of benzene rings is 2. The molecule has 21 heavy (non-hydrogen) atoms. The van der Waals surface area contributed by atoms with Crippen LogP contribution in [0.5, 0.6) is 11.5 Å². The van der Waals surface area contributed by atoms with Crippen molar-refractivity contribution in [3.05, 3.63) is 48.5 Å². The lowest BCUT2D eigenvalue weighted by Gasteiger charge is -2.08. The Morgan fingerprint density at radius 2 is 1.29 bits per heavy atom. The Morgan fingerprint density at radius 1 is 0.810 bits per heavy atom. The predicted molar refractivity (Wildman–Crippen MR) is 77.4 cm³/mol. The van der Waals surface area contributed by atoms with E-state index in [1.807, 2.05) is 0 Å². The molecule has 0 aromatic heterocycles. The van der Waals surface area contributed by atoms with Gasteiger partial charge in [0.15, 0.2) is 6.79 Å². The van der Waals surface area contributed by atoms with Crippen molar-refractivity contribution in [2.24, 2.45) is 0 Å². The predicted octanol–water partition coefficient (Wildman–Crippen LogP) is 2.51. The largest absolute Gasteiger partial charge is 0.497 e. The minimum absolute atomic E-state index is 0.116. The van der Waals surface area contributed by atoms with Gasteiger partial charge >= 0.3 is 0 Å². The third-order valence-electron chi connectivity index (χ3n) is 2.85. The van der Waals surface area contributed by atoms with Crippen LogP contribution in [-0.4, -0.2) is 29.4 Å². The van der Waals surface area contributed by atoms with Crippen LogP contribution >= 0.6 is 0 Å². The van der Waals surface area contributed by atoms with Crippen molar-refractivity contribution >= 4 is 9.84 Å². The van der Waals surface area contributed by atoms with E-state index in [-0.39, 0.29) is 16.6 Å². The molecular formula is C15H16O5S. The van der Waals surface area contributed by atoms with Crippen molar-refractivity contribution in [2.75, 3.05) is 21.0 Å². The summed E-state index contributed by atoms with van der Waals surface area (Å²) in [7, 11) is -0.497. The molecule has 0 aliphatic rings. The Hall–Kier alpha value is -2.05. The van der Waals surface area contributed by atoms with Gasteiger partial charge in [0.05, 0.1) is 16.9 Å². The van der Waals surface area contributed by atoms with Gasteiger partial charge in [0.25, 0.3) is 0 Å². The second-order valence-electron chi connectivity index (χ2n) is 4.20. The molecule has 0 saturated heterocycles. The summed E-state index contributed by atoms with van der Waals surface area (Å²) in [6.45, 7) is 0.116. The highest BCUT2D eigenvalue weighted by Gasteiger charge is 2.17. The van der Waals surface area contributed by atoms with Gasteiger partial charge < -0.3 is 14.2 Å². The summed E-state index contributed by atoms with van der Waals surface area (Å²) in [5, 5.41) is 0. The molecule has 0 fully saturated rings. The van der Waals surface area contributed by atoms with Crippen molar-refractivity contribution < 1.29 is 22.6 Å². The molecule has 112 valence electrons. The van der Waals surface area contributed by atoms with Crippen molar-refractivity contribution in [1.29, 1.82) is 0 Å². The normalized spacial score (nSPS) is 11.1. The lowest BCUT2D eigenvalue weighted by molar-refractivity contribution is 0.0511. The third kappa shape index (κ3) is 3.53. The molecule has 2 rings (SSSR count). The fraction of sp³-hybridized carbons (Fsp3) is 0.200. The topological polar surface area (TPSA) is 61.8 Å². The van der Waals surface area contributed by atoms with Crippen LogP contribution < -0.4 is 9.47 Å². The van der Waals surface area contributed by atoms with Crippen LogP contribution in [0.1, 0.15) is 0 Å². The molecule has 6 heteroatoms. The lowest BCUT2D eigenvalue weighted by Crippen LogP contribution is -2.03. The van der Waals surface area contributed by atoms with Gasteiger partial charge in [-0.15, -0.1) is 0 Å². The average molecular weight is 308 g/mol. The van der Waals surface area contributed by atoms with Gasteiger partial charge in [0, 0.05) is 7.11 Å². The van der Waals surface area contributed by atoms with Crippen molar-refractivity contribution in [3.63, 3.8) is 0 Å². The zero-order chi connectivity index (χ0) is 15.3. The molecule has 0 radical (unpaired) electrons. The van der Waals surface area contributed by atoms with Crippen LogP contribution in [0, 0.1) is 0 Å². The number of ether oxygens (including phenoxy) is 3. The summed E-state index contributed by atoms with van der Waals surface area (Å²) < 4.78 is 39.9. The molecule has 5 nitrogen and oxygen atoms in total. The maximum absolute atomic E-state index is 12.5. The highest BCUT2D eigenvalue weighted by molar-refractivity contribution is 7.91. The van der Waals surface area contributed by atoms with E-state index in [2.05, 4.69) is 0 Å². The van der Waals surface area contributed by atoms with Gasteiger partial charge in [-0.25, -0.2) is 8.42 Å². The quantitative estimate of drug-likeness (QED) is 0.767. The molecule has 0 aliphatic carbocycles. The summed E-state index contributed by atoms with van der Waals surface area (Å²) in [5.41, 5.74) is 0. The first-order valence-electron chi connectivity index (χ1n) is 6.19. The second-order valence-corrected chi connectivity index (χ2v) is 6.15. The Kier molecular flexibility index (Phi) is 4.82. The molecule has 0 N–H and O–H groups in total. The fourth-order valence-electron chi connectivity index (χ4n) is 1.73. The first-order valence-corrected chi connectivity index (χ1v) is 7.67. The zero-order valence-corrected chi connectivity index (χ0v) is 12.6. The van der Waals surface area contributed by atoms with Crippen molar-refractivity contribution in [3.8, 4) is 11.5 Å². The Labute approximate surface area is 124 Å². The maximum atomic E-state index is 12.5. The average Bonchev–Trinajstić information content (AvgIpc) is 2.53. The van der Waals surface area contributed by atoms with Crippen molar-refractivity contribution in [2.45, 2.75) is 9.79 Å². The molecule has 2 aromatic rings. The monoisotopic (exact) mass is 308 g/mol. The Morgan fingerprint density at radius 3 is 1.71 bits per heavy atom. The smallest absolute Gasteiger partial charge is 0.206 e. The Balaban J connectivity index is 2.25. The standard InChI is InChI=1S/C15H16O5S/c1-18-11-20-13-5-9-15(10-6-13)21(16,17)14-7-3-12(19-2)4-8-14/h3-10H,11H2,1-2H3. The van der Waals surface area contributed by atoms with Crippen LogP contribution in [-0.2, 0) is 14.6 Å². The van der Waals surface area contributed by atoms with Crippen LogP contribution in [0.2, 0.25) is 0 Å². The number of methoxy groups -OCH3 is 2. The van der Waals surface area contributed by atoms with E-state index in [1.54, 1.807) is 24.3 Å². The minimum atomic E-state index is -3.54. The zero-order valence-electron chi connectivity index (χ0n) is 11.8. The van der Waals surface area contributed by atoms with Gasteiger partial charge in [0.2, 0.25) is 9.84 Å². The molecule has 2 aromatic carbocycles. The van der Waals surface area contributed by atoms with E-state index < -0.39 is 9.84 Å². The van der Waals surface area contributed by atoms with Crippen LogP contribution in [0.3, 0.4) is 0 Å². The van der Waals surface area contributed by atoms with Gasteiger partial charge in [0.1, 0.15) is 11.5 Å². The summed E-state index contributed by atoms with van der Waals surface area (Å²) in [6.07, 6.45) is 0. The number of sulfone groups is 1. The van der Waals surface area contributed by atoms with Gasteiger partial charge in [-0.2, -0.15) is 0 Å². The summed E-state index contributed by atoms with van der Waals surface area (Å²) in [5.74, 6) is 1.16. The minimum Gasteiger partial charge on any atom is -0.497 e. The lowest BCUT2D eigenvalue weighted by atomic mass is 10.3. The van der Waals surface area contributed by atoms with Gasteiger partial charge in [-0.05, 0) is 48.5 Å². The van der Waals surface area contributed by atoms with Crippen LogP contribution in [0.4, 0.5) is 0 Å². The van der Waals surface area contributed by atoms with Gasteiger partial charge in [-0.1, -0.05) is 0 Å². The second kappa shape index (κ2) is 6.60. The van der Waals surface area contributed by atoms with E-state index >= 15 is 0 Å². The van der Waals surface area contributed by atoms with E-state index in [9.17, 15) is 8.42 Å². The number of rotatable bonds is 6. The fourth-order valence-corrected chi connectivity index (χ4v) is 2.99. The SMILES string of the molecule is COCOc1ccc(S(=O)(=O)c2ccc(OC)cc2)cc1. The van der Waals surface area contributed by atoms with Crippen LogP contribution in [0.15, 0.2) is 58.3 Å². The molecule has 0 atom stereocenters. The molecule has 0 amide bonds. The number of hydrogen-bond donors (Lipinski definition) is 0. The first kappa shape index (κ1) is 15.3. The molecule has 0 heterocycles. The first-order chi connectivity index (χ1) is 10.1. The van der Waals surface area contributed by atoms with E-state index in [1.165, 1.54) is 38.5 Å². The molecular weight excluding hydrogens is 292 g/mol. The number of hydrogen-bond acceptors (Lipinski definition) is 5. The van der Waals surface area contributed by atoms with Crippen molar-refractivity contribution in [1.82, 2.24) is 0 Å². The summed E-state index contributed by atoms with van der Waals surface area (Å²) in [6, 6.07) is 12.5. The highest BCUT2D eigenvalue weighted by Crippen LogP contribution is 2.24. The Bertz CT molecular complexity index is 675. The van der Waals surface area contributed by atoms with E-state index in [0.29, 0.717) is 11.5 Å². The summed E-state index contributed by atoms with van der Waals surface area (Å²) in [4.78, 5) is 0.422. The molecule has 0 spiro atoms. The van der Waals surface area contributed by atoms with Crippen LogP contribution in [0.25, 0.3) is 0 Å².